The fourth-order valence-corrected chi connectivity index (χ4v) is 2.54. The Labute approximate surface area is 149 Å². The van der Waals surface area contributed by atoms with Gasteiger partial charge in [-0.1, -0.05) is 26.0 Å². The SMILES string of the molecule is CC(C)c1nn(C)cc1CNCc1cccc(OCC(=O)N(C)C)c1. The number of ether oxygens (including phenoxy) is 1. The van der Waals surface area contributed by atoms with Crippen LogP contribution in [0.15, 0.2) is 30.5 Å². The molecule has 0 radical (unpaired) electrons. The quantitative estimate of drug-likeness (QED) is 0.798. The Morgan fingerprint density at radius 2 is 2.08 bits per heavy atom. The first kappa shape index (κ1) is 19.0. The fourth-order valence-electron chi connectivity index (χ4n) is 2.54. The van der Waals surface area contributed by atoms with Crippen LogP contribution in [0.2, 0.25) is 0 Å². The number of carbonyl (C=O) groups excluding carboxylic acids is 1. The van der Waals surface area contributed by atoms with Crippen LogP contribution >= 0.6 is 0 Å². The van der Waals surface area contributed by atoms with E-state index in [0.29, 0.717) is 11.7 Å². The molecule has 0 aliphatic rings. The molecule has 2 aromatic rings. The minimum Gasteiger partial charge on any atom is -0.484 e. The van der Waals surface area contributed by atoms with Gasteiger partial charge in [0, 0.05) is 46.0 Å². The van der Waals surface area contributed by atoms with Gasteiger partial charge in [-0.15, -0.1) is 0 Å². The Kier molecular flexibility index (Phi) is 6.58. The largest absolute Gasteiger partial charge is 0.484 e. The Balaban J connectivity index is 1.89. The minimum atomic E-state index is -0.0543. The van der Waals surface area contributed by atoms with Crippen LogP contribution in [0.4, 0.5) is 0 Å². The molecule has 6 heteroatoms. The van der Waals surface area contributed by atoms with Crippen LogP contribution in [-0.2, 0) is 24.9 Å². The van der Waals surface area contributed by atoms with E-state index in [1.54, 1.807) is 14.1 Å². The van der Waals surface area contributed by atoms with Crippen LogP contribution < -0.4 is 10.1 Å². The molecule has 0 atom stereocenters. The van der Waals surface area contributed by atoms with Crippen molar-refractivity contribution in [2.45, 2.75) is 32.9 Å². The van der Waals surface area contributed by atoms with Gasteiger partial charge in [-0.25, -0.2) is 0 Å². The second-order valence-corrected chi connectivity index (χ2v) is 6.70. The highest BCUT2D eigenvalue weighted by Crippen LogP contribution is 2.17. The van der Waals surface area contributed by atoms with Crippen molar-refractivity contribution < 1.29 is 9.53 Å². The number of hydrogen-bond donors (Lipinski definition) is 1. The van der Waals surface area contributed by atoms with Crippen molar-refractivity contribution in [3.63, 3.8) is 0 Å². The molecule has 0 saturated heterocycles. The number of aryl methyl sites for hydroxylation is 1. The third-order valence-corrected chi connectivity index (χ3v) is 3.89. The minimum absolute atomic E-state index is 0.0529. The maximum Gasteiger partial charge on any atom is 0.259 e. The number of likely N-dealkylation sites (N-methyl/N-ethyl adjacent to an activating group) is 1. The predicted octanol–water partition coefficient (Wildman–Crippen LogP) is 2.30. The molecule has 6 nitrogen and oxygen atoms in total. The highest BCUT2D eigenvalue weighted by atomic mass is 16.5. The summed E-state index contributed by atoms with van der Waals surface area (Å²) in [5, 5.41) is 7.98. The summed E-state index contributed by atoms with van der Waals surface area (Å²) in [6, 6.07) is 7.81. The van der Waals surface area contributed by atoms with E-state index in [0.717, 1.165) is 24.3 Å². The van der Waals surface area contributed by atoms with Crippen molar-refractivity contribution in [2.75, 3.05) is 20.7 Å². The second-order valence-electron chi connectivity index (χ2n) is 6.70. The van der Waals surface area contributed by atoms with E-state index in [1.807, 2.05) is 36.0 Å². The molecule has 136 valence electrons. The second kappa shape index (κ2) is 8.67. The van der Waals surface area contributed by atoms with Gasteiger partial charge in [0.1, 0.15) is 5.75 Å². The smallest absolute Gasteiger partial charge is 0.259 e. The molecule has 0 spiro atoms. The summed E-state index contributed by atoms with van der Waals surface area (Å²) in [5.41, 5.74) is 3.47. The van der Waals surface area contributed by atoms with Gasteiger partial charge in [0.15, 0.2) is 6.61 Å². The lowest BCUT2D eigenvalue weighted by atomic mass is 10.1. The van der Waals surface area contributed by atoms with Gasteiger partial charge in [-0.2, -0.15) is 5.10 Å². The van der Waals surface area contributed by atoms with Crippen molar-refractivity contribution in [3.8, 4) is 5.75 Å². The number of benzene rings is 1. The first-order valence-corrected chi connectivity index (χ1v) is 8.52. The van der Waals surface area contributed by atoms with E-state index >= 15 is 0 Å². The van der Waals surface area contributed by atoms with Crippen LogP contribution in [0.5, 0.6) is 5.75 Å². The number of nitrogens with one attached hydrogen (secondary N) is 1. The number of amides is 1. The fraction of sp³-hybridized carbons (Fsp3) is 0.474. The molecule has 25 heavy (non-hydrogen) atoms. The number of aromatic nitrogens is 2. The van der Waals surface area contributed by atoms with Crippen molar-refractivity contribution in [1.82, 2.24) is 20.0 Å². The Morgan fingerprint density at radius 1 is 1.32 bits per heavy atom. The van der Waals surface area contributed by atoms with E-state index in [9.17, 15) is 4.79 Å². The summed E-state index contributed by atoms with van der Waals surface area (Å²) in [7, 11) is 5.39. The van der Waals surface area contributed by atoms with Crippen LogP contribution in [0.25, 0.3) is 0 Å². The van der Waals surface area contributed by atoms with Crippen LogP contribution in [0, 0.1) is 0 Å². The first-order valence-electron chi connectivity index (χ1n) is 8.52. The van der Waals surface area contributed by atoms with Gasteiger partial charge in [0.2, 0.25) is 0 Å². The summed E-state index contributed by atoms with van der Waals surface area (Å²) in [5.74, 6) is 1.06. The summed E-state index contributed by atoms with van der Waals surface area (Å²) in [6.45, 7) is 5.86. The third-order valence-electron chi connectivity index (χ3n) is 3.89. The van der Waals surface area contributed by atoms with E-state index in [-0.39, 0.29) is 12.5 Å². The van der Waals surface area contributed by atoms with Crippen LogP contribution in [0.1, 0.15) is 36.6 Å². The van der Waals surface area contributed by atoms with E-state index in [1.165, 1.54) is 10.5 Å². The van der Waals surface area contributed by atoms with Crippen molar-refractivity contribution in [2.24, 2.45) is 7.05 Å². The number of nitrogens with zero attached hydrogens (tertiary/aromatic N) is 3. The molecule has 0 aliphatic heterocycles. The van der Waals surface area contributed by atoms with Gasteiger partial charge >= 0.3 is 0 Å². The zero-order chi connectivity index (χ0) is 18.4. The Hall–Kier alpha value is -2.34. The van der Waals surface area contributed by atoms with Gasteiger partial charge in [0.25, 0.3) is 5.91 Å². The molecule has 0 aliphatic carbocycles. The van der Waals surface area contributed by atoms with Crippen molar-refractivity contribution >= 4 is 5.91 Å². The van der Waals surface area contributed by atoms with Gasteiger partial charge in [0.05, 0.1) is 5.69 Å². The lowest BCUT2D eigenvalue weighted by Gasteiger charge is -2.12. The van der Waals surface area contributed by atoms with Crippen molar-refractivity contribution in [3.05, 3.63) is 47.3 Å². The lowest BCUT2D eigenvalue weighted by Crippen LogP contribution is -2.27. The van der Waals surface area contributed by atoms with Crippen LogP contribution in [-0.4, -0.2) is 41.3 Å². The predicted molar refractivity (Wildman–Crippen MR) is 98.5 cm³/mol. The Bertz CT molecular complexity index is 707. The average Bonchev–Trinajstić information content (AvgIpc) is 2.94. The van der Waals surface area contributed by atoms with E-state index in [4.69, 9.17) is 4.74 Å². The molecular weight excluding hydrogens is 316 g/mol. The Morgan fingerprint density at radius 3 is 2.76 bits per heavy atom. The normalized spacial score (nSPS) is 11.0. The summed E-state index contributed by atoms with van der Waals surface area (Å²) >= 11 is 0. The highest BCUT2D eigenvalue weighted by Gasteiger charge is 2.11. The zero-order valence-corrected chi connectivity index (χ0v) is 15.7. The van der Waals surface area contributed by atoms with Crippen molar-refractivity contribution in [1.29, 1.82) is 0 Å². The summed E-state index contributed by atoms with van der Waals surface area (Å²) < 4.78 is 7.42. The molecule has 0 unspecified atom stereocenters. The average molecular weight is 344 g/mol. The van der Waals surface area contributed by atoms with E-state index < -0.39 is 0 Å². The maximum atomic E-state index is 11.6. The zero-order valence-electron chi connectivity index (χ0n) is 15.7. The monoisotopic (exact) mass is 344 g/mol. The molecule has 1 aromatic carbocycles. The van der Waals surface area contributed by atoms with Crippen LogP contribution in [0.3, 0.4) is 0 Å². The standard InChI is InChI=1S/C19H28N4O2/c1-14(2)19-16(12-23(5)21-19)11-20-10-15-7-6-8-17(9-15)25-13-18(24)22(3)4/h6-9,12,14,20H,10-11,13H2,1-5H3. The molecule has 0 saturated carbocycles. The lowest BCUT2D eigenvalue weighted by molar-refractivity contribution is -0.130. The molecule has 0 fully saturated rings. The topological polar surface area (TPSA) is 59.4 Å². The number of rotatable bonds is 8. The third kappa shape index (κ3) is 5.60. The summed E-state index contributed by atoms with van der Waals surface area (Å²) in [6.07, 6.45) is 2.06. The molecule has 0 bridgehead atoms. The van der Waals surface area contributed by atoms with Gasteiger partial charge in [-0.05, 0) is 23.6 Å². The van der Waals surface area contributed by atoms with Gasteiger partial charge < -0.3 is 15.0 Å². The first-order chi connectivity index (χ1) is 11.9. The molecule has 1 amide bonds. The molecular formula is C19H28N4O2. The number of carbonyl (C=O) groups is 1. The maximum absolute atomic E-state index is 11.6. The highest BCUT2D eigenvalue weighted by molar-refractivity contribution is 5.77. The van der Waals surface area contributed by atoms with Gasteiger partial charge in [-0.3, -0.25) is 9.48 Å². The molecule has 2 rings (SSSR count). The molecule has 1 N–H and O–H groups in total. The number of hydrogen-bond acceptors (Lipinski definition) is 4. The van der Waals surface area contributed by atoms with E-state index in [2.05, 4.69) is 30.5 Å². The summed E-state index contributed by atoms with van der Waals surface area (Å²) in [4.78, 5) is 13.1. The molecule has 1 heterocycles. The molecule has 1 aromatic heterocycles.